The number of hydrogen-bond acceptors (Lipinski definition) is 3. The molecule has 0 amide bonds. The summed E-state index contributed by atoms with van der Waals surface area (Å²) in [6.45, 7) is 3.50. The Morgan fingerprint density at radius 3 is 2.80 bits per heavy atom. The third-order valence-corrected chi connectivity index (χ3v) is 4.21. The van der Waals surface area contributed by atoms with Gasteiger partial charge in [0, 0.05) is 24.2 Å². The van der Waals surface area contributed by atoms with Crippen LogP contribution in [0.5, 0.6) is 0 Å². The number of aromatic nitrogens is 1. The normalized spacial score (nSPS) is 17.7. The van der Waals surface area contributed by atoms with E-state index in [1.54, 1.807) is 0 Å². The fourth-order valence-corrected chi connectivity index (χ4v) is 3.04. The number of pyridine rings is 1. The first-order chi connectivity index (χ1) is 9.65. The van der Waals surface area contributed by atoms with Crippen LogP contribution in [0.25, 0.3) is 10.9 Å². The molecule has 3 nitrogen and oxygen atoms in total. The van der Waals surface area contributed by atoms with Gasteiger partial charge in [0.1, 0.15) is 0 Å². The molecule has 2 N–H and O–H groups in total. The number of rotatable bonds is 4. The topological polar surface area (TPSA) is 45.1 Å². The molecule has 20 heavy (non-hydrogen) atoms. The Hall–Kier alpha value is -1.45. The number of aliphatic hydroxyl groups is 1. The van der Waals surface area contributed by atoms with Crippen molar-refractivity contribution >= 4 is 10.9 Å². The van der Waals surface area contributed by atoms with Crippen molar-refractivity contribution in [2.24, 2.45) is 0 Å². The first kappa shape index (κ1) is 13.5. The van der Waals surface area contributed by atoms with Crippen LogP contribution in [0.4, 0.5) is 0 Å². The van der Waals surface area contributed by atoms with E-state index >= 15 is 0 Å². The molecule has 2 aromatic rings. The molecule has 1 aromatic heterocycles. The third kappa shape index (κ3) is 3.00. The van der Waals surface area contributed by atoms with Crippen molar-refractivity contribution in [1.29, 1.82) is 0 Å². The zero-order valence-electron chi connectivity index (χ0n) is 12.0. The van der Waals surface area contributed by atoms with Crippen LogP contribution in [0.15, 0.2) is 30.3 Å². The van der Waals surface area contributed by atoms with Crippen LogP contribution in [0.1, 0.15) is 36.9 Å². The van der Waals surface area contributed by atoms with E-state index in [9.17, 15) is 5.11 Å². The summed E-state index contributed by atoms with van der Waals surface area (Å²) in [7, 11) is 0. The molecule has 1 saturated carbocycles. The second kappa shape index (κ2) is 5.51. The van der Waals surface area contributed by atoms with Crippen molar-refractivity contribution in [3.8, 4) is 0 Å². The Balaban J connectivity index is 1.64. The van der Waals surface area contributed by atoms with Crippen LogP contribution in [-0.2, 0) is 6.54 Å². The highest BCUT2D eigenvalue weighted by Gasteiger charge is 2.30. The zero-order valence-corrected chi connectivity index (χ0v) is 12.0. The van der Waals surface area contributed by atoms with Crippen LogP contribution in [0, 0.1) is 6.92 Å². The van der Waals surface area contributed by atoms with Crippen molar-refractivity contribution in [2.75, 3.05) is 6.54 Å². The van der Waals surface area contributed by atoms with E-state index < -0.39 is 5.60 Å². The number of nitrogens with one attached hydrogen (secondary N) is 1. The summed E-state index contributed by atoms with van der Waals surface area (Å²) >= 11 is 0. The number of benzene rings is 1. The predicted molar refractivity (Wildman–Crippen MR) is 81.6 cm³/mol. The van der Waals surface area contributed by atoms with Crippen molar-refractivity contribution < 1.29 is 5.11 Å². The average molecular weight is 270 g/mol. The van der Waals surface area contributed by atoms with Gasteiger partial charge in [0.15, 0.2) is 0 Å². The van der Waals surface area contributed by atoms with Gasteiger partial charge in [-0.05, 0) is 43.5 Å². The molecule has 1 fully saturated rings. The minimum Gasteiger partial charge on any atom is -0.389 e. The van der Waals surface area contributed by atoms with Crippen molar-refractivity contribution in [3.63, 3.8) is 0 Å². The number of nitrogens with zero attached hydrogens (tertiary/aromatic N) is 1. The molecule has 3 rings (SSSR count). The van der Waals surface area contributed by atoms with Crippen molar-refractivity contribution in [2.45, 2.75) is 44.8 Å². The standard InChI is InChI=1S/C17H22N2O/c1-13-4-6-15-10-14(5-7-16(15)19-13)11-18-12-17(20)8-2-3-9-17/h4-7,10,18,20H,2-3,8-9,11-12H2,1H3. The molecular formula is C17H22N2O. The average Bonchev–Trinajstić information content (AvgIpc) is 2.86. The second-order valence-corrected chi connectivity index (χ2v) is 6.01. The number of aryl methyl sites for hydroxylation is 1. The quantitative estimate of drug-likeness (QED) is 0.898. The lowest BCUT2D eigenvalue weighted by Gasteiger charge is -2.22. The van der Waals surface area contributed by atoms with E-state index in [0.717, 1.165) is 43.4 Å². The van der Waals surface area contributed by atoms with Crippen LogP contribution in [-0.4, -0.2) is 22.2 Å². The van der Waals surface area contributed by atoms with Gasteiger partial charge >= 0.3 is 0 Å². The summed E-state index contributed by atoms with van der Waals surface area (Å²) < 4.78 is 0. The van der Waals surface area contributed by atoms with Gasteiger partial charge in [-0.15, -0.1) is 0 Å². The van der Waals surface area contributed by atoms with Crippen LogP contribution in [0.3, 0.4) is 0 Å². The van der Waals surface area contributed by atoms with Gasteiger partial charge in [0.25, 0.3) is 0 Å². The summed E-state index contributed by atoms with van der Waals surface area (Å²) in [5.74, 6) is 0. The summed E-state index contributed by atoms with van der Waals surface area (Å²) in [5, 5.41) is 14.9. The Bertz CT molecular complexity index is 603. The van der Waals surface area contributed by atoms with E-state index in [1.165, 1.54) is 10.9 Å². The van der Waals surface area contributed by atoms with Gasteiger partial charge in [0.2, 0.25) is 0 Å². The molecule has 0 aliphatic heterocycles. The Kier molecular flexibility index (Phi) is 3.72. The fourth-order valence-electron chi connectivity index (χ4n) is 3.04. The minimum atomic E-state index is -0.477. The van der Waals surface area contributed by atoms with E-state index in [0.29, 0.717) is 6.54 Å². The van der Waals surface area contributed by atoms with E-state index in [2.05, 4.69) is 34.6 Å². The molecule has 0 radical (unpaired) electrons. The monoisotopic (exact) mass is 270 g/mol. The predicted octanol–water partition coefficient (Wildman–Crippen LogP) is 2.94. The lowest BCUT2D eigenvalue weighted by molar-refractivity contribution is 0.0475. The van der Waals surface area contributed by atoms with Gasteiger partial charge < -0.3 is 10.4 Å². The van der Waals surface area contributed by atoms with Gasteiger partial charge in [-0.3, -0.25) is 4.98 Å². The molecule has 106 valence electrons. The maximum atomic E-state index is 10.3. The van der Waals surface area contributed by atoms with E-state index in [4.69, 9.17) is 0 Å². The summed E-state index contributed by atoms with van der Waals surface area (Å²) in [6, 6.07) is 10.5. The SMILES string of the molecule is Cc1ccc2cc(CNCC3(O)CCCC3)ccc2n1. The summed E-state index contributed by atoms with van der Waals surface area (Å²) in [5.41, 5.74) is 2.86. The molecule has 0 bridgehead atoms. The lowest BCUT2D eigenvalue weighted by Crippen LogP contribution is -2.37. The molecule has 0 atom stereocenters. The van der Waals surface area contributed by atoms with E-state index in [-0.39, 0.29) is 0 Å². The molecule has 0 unspecified atom stereocenters. The summed E-state index contributed by atoms with van der Waals surface area (Å²) in [6.07, 6.45) is 4.17. The largest absolute Gasteiger partial charge is 0.389 e. The molecule has 1 aliphatic carbocycles. The van der Waals surface area contributed by atoms with Gasteiger partial charge in [-0.1, -0.05) is 25.0 Å². The maximum absolute atomic E-state index is 10.3. The molecule has 1 aliphatic rings. The van der Waals surface area contributed by atoms with Crippen molar-refractivity contribution in [3.05, 3.63) is 41.6 Å². The number of hydrogen-bond donors (Lipinski definition) is 2. The molecular weight excluding hydrogens is 248 g/mol. The smallest absolute Gasteiger partial charge is 0.0771 e. The maximum Gasteiger partial charge on any atom is 0.0771 e. The summed E-state index contributed by atoms with van der Waals surface area (Å²) in [4.78, 5) is 4.51. The van der Waals surface area contributed by atoms with Crippen molar-refractivity contribution in [1.82, 2.24) is 10.3 Å². The highest BCUT2D eigenvalue weighted by atomic mass is 16.3. The van der Waals surface area contributed by atoms with Crippen LogP contribution < -0.4 is 5.32 Å². The highest BCUT2D eigenvalue weighted by Crippen LogP contribution is 2.28. The number of fused-ring (bicyclic) bond motifs is 1. The Morgan fingerprint density at radius 1 is 1.20 bits per heavy atom. The second-order valence-electron chi connectivity index (χ2n) is 6.01. The van der Waals surface area contributed by atoms with Gasteiger partial charge in [0.05, 0.1) is 11.1 Å². The first-order valence-electron chi connectivity index (χ1n) is 7.44. The molecule has 0 saturated heterocycles. The zero-order chi connectivity index (χ0) is 14.0. The Labute approximate surface area is 120 Å². The van der Waals surface area contributed by atoms with Gasteiger partial charge in [-0.2, -0.15) is 0 Å². The minimum absolute atomic E-state index is 0.477. The molecule has 3 heteroatoms. The molecule has 0 spiro atoms. The highest BCUT2D eigenvalue weighted by molar-refractivity contribution is 5.79. The first-order valence-corrected chi connectivity index (χ1v) is 7.44. The third-order valence-electron chi connectivity index (χ3n) is 4.21. The van der Waals surface area contributed by atoms with Crippen LogP contribution in [0.2, 0.25) is 0 Å². The lowest BCUT2D eigenvalue weighted by atomic mass is 10.0. The molecule has 1 heterocycles. The fraction of sp³-hybridized carbons (Fsp3) is 0.471. The molecule has 1 aromatic carbocycles. The van der Waals surface area contributed by atoms with Crippen LogP contribution >= 0.6 is 0 Å². The van der Waals surface area contributed by atoms with E-state index in [1.807, 2.05) is 13.0 Å². The van der Waals surface area contributed by atoms with Gasteiger partial charge in [-0.25, -0.2) is 0 Å². The Morgan fingerprint density at radius 2 is 2.00 bits per heavy atom.